The van der Waals surface area contributed by atoms with Crippen molar-refractivity contribution in [3.8, 4) is 0 Å². The monoisotopic (exact) mass is 381 g/mol. The Balaban J connectivity index is 1.71. The highest BCUT2D eigenvalue weighted by atomic mass is 16.6. The van der Waals surface area contributed by atoms with Crippen molar-refractivity contribution in [1.82, 2.24) is 0 Å². The minimum Gasteiger partial charge on any atom is -0.326 e. The van der Waals surface area contributed by atoms with Gasteiger partial charge in [0.25, 0.3) is 5.69 Å². The topological polar surface area (TPSA) is 110 Å². The van der Waals surface area contributed by atoms with E-state index in [0.717, 1.165) is 0 Å². The molecule has 8 heteroatoms. The van der Waals surface area contributed by atoms with Gasteiger partial charge in [0.1, 0.15) is 0 Å². The van der Waals surface area contributed by atoms with Crippen LogP contribution in [0.15, 0.2) is 42.5 Å². The molecule has 2 amide bonds. The molecular weight excluding hydrogens is 362 g/mol. The van der Waals surface area contributed by atoms with Gasteiger partial charge in [-0.25, -0.2) is 0 Å². The molecule has 1 aliphatic heterocycles. The van der Waals surface area contributed by atoms with Crippen molar-refractivity contribution in [2.24, 2.45) is 5.92 Å². The van der Waals surface area contributed by atoms with Gasteiger partial charge in [0.2, 0.25) is 11.8 Å². The number of hydrogen-bond donors (Lipinski definition) is 1. The molecule has 1 heterocycles. The first-order valence-electron chi connectivity index (χ1n) is 8.73. The van der Waals surface area contributed by atoms with Gasteiger partial charge in [-0.2, -0.15) is 0 Å². The van der Waals surface area contributed by atoms with Gasteiger partial charge in [-0.3, -0.25) is 24.5 Å². The van der Waals surface area contributed by atoms with E-state index in [1.165, 1.54) is 17.9 Å². The fourth-order valence-electron chi connectivity index (χ4n) is 3.13. The second-order valence-electron chi connectivity index (χ2n) is 6.76. The zero-order valence-electron chi connectivity index (χ0n) is 15.5. The van der Waals surface area contributed by atoms with Gasteiger partial charge in [0.15, 0.2) is 5.78 Å². The number of rotatable bonds is 5. The molecule has 1 saturated heterocycles. The summed E-state index contributed by atoms with van der Waals surface area (Å²) >= 11 is 0. The van der Waals surface area contributed by atoms with E-state index in [2.05, 4.69) is 5.32 Å². The quantitative estimate of drug-likeness (QED) is 0.486. The molecule has 144 valence electrons. The van der Waals surface area contributed by atoms with Gasteiger partial charge in [0.05, 0.1) is 16.5 Å². The Morgan fingerprint density at radius 3 is 2.46 bits per heavy atom. The van der Waals surface area contributed by atoms with E-state index in [0.29, 0.717) is 22.5 Å². The first kappa shape index (κ1) is 19.2. The van der Waals surface area contributed by atoms with Gasteiger partial charge >= 0.3 is 0 Å². The van der Waals surface area contributed by atoms with Crippen LogP contribution >= 0.6 is 0 Å². The van der Waals surface area contributed by atoms with Crippen LogP contribution in [0.5, 0.6) is 0 Å². The van der Waals surface area contributed by atoms with Gasteiger partial charge < -0.3 is 10.2 Å². The summed E-state index contributed by atoms with van der Waals surface area (Å²) < 4.78 is 0. The van der Waals surface area contributed by atoms with Crippen LogP contribution in [0.2, 0.25) is 0 Å². The van der Waals surface area contributed by atoms with E-state index in [4.69, 9.17) is 0 Å². The number of nitro groups is 1. The lowest BCUT2D eigenvalue weighted by molar-refractivity contribution is -0.385. The SMILES string of the molecule is CC(=O)c1ccc(NC(=O)[C@H]2CC(=O)N(c3ccc(C)c([N+](=O)[O-])c3)C2)cc1. The summed E-state index contributed by atoms with van der Waals surface area (Å²) in [4.78, 5) is 48.2. The maximum Gasteiger partial charge on any atom is 0.274 e. The van der Waals surface area contributed by atoms with Crippen molar-refractivity contribution in [3.05, 3.63) is 63.7 Å². The van der Waals surface area contributed by atoms with Crippen LogP contribution in [0.3, 0.4) is 0 Å². The second-order valence-corrected chi connectivity index (χ2v) is 6.76. The zero-order chi connectivity index (χ0) is 20.4. The Bertz CT molecular complexity index is 968. The van der Waals surface area contributed by atoms with E-state index in [1.54, 1.807) is 43.3 Å². The Hall–Kier alpha value is -3.55. The summed E-state index contributed by atoms with van der Waals surface area (Å²) in [6.07, 6.45) is 0.0268. The molecule has 0 saturated carbocycles. The molecule has 1 fully saturated rings. The lowest BCUT2D eigenvalue weighted by Gasteiger charge is -2.17. The first-order chi connectivity index (χ1) is 13.3. The number of hydrogen-bond acceptors (Lipinski definition) is 5. The fraction of sp³-hybridized carbons (Fsp3) is 0.250. The van der Waals surface area contributed by atoms with E-state index < -0.39 is 10.8 Å². The smallest absolute Gasteiger partial charge is 0.274 e. The third kappa shape index (κ3) is 3.90. The Labute approximate surface area is 161 Å². The van der Waals surface area contributed by atoms with Crippen molar-refractivity contribution in [3.63, 3.8) is 0 Å². The van der Waals surface area contributed by atoms with Crippen LogP contribution in [-0.4, -0.2) is 29.1 Å². The molecule has 0 spiro atoms. The number of carbonyl (C=O) groups is 3. The predicted molar refractivity (Wildman–Crippen MR) is 103 cm³/mol. The van der Waals surface area contributed by atoms with Crippen molar-refractivity contribution < 1.29 is 19.3 Å². The molecule has 1 N–H and O–H groups in total. The van der Waals surface area contributed by atoms with Crippen LogP contribution in [0.25, 0.3) is 0 Å². The standard InChI is InChI=1S/C20H19N3O5/c1-12-3-8-17(10-18(12)23(27)28)22-11-15(9-19(22)25)20(26)21-16-6-4-14(5-7-16)13(2)24/h3-8,10,15H,9,11H2,1-2H3,(H,21,26)/t15-/m0/s1. The molecule has 0 aromatic heterocycles. The molecule has 1 atom stereocenters. The number of Topliss-reactive ketones (excluding diaryl/α,β-unsaturated/α-hetero) is 1. The van der Waals surface area contributed by atoms with Gasteiger partial charge in [0, 0.05) is 35.8 Å². The molecule has 0 unspecified atom stereocenters. The second kappa shape index (κ2) is 7.59. The maximum atomic E-state index is 12.5. The van der Waals surface area contributed by atoms with Gasteiger partial charge in [-0.1, -0.05) is 6.07 Å². The van der Waals surface area contributed by atoms with Gasteiger partial charge in [-0.05, 0) is 44.2 Å². The van der Waals surface area contributed by atoms with Crippen molar-refractivity contribution in [2.75, 3.05) is 16.8 Å². The number of benzene rings is 2. The van der Waals surface area contributed by atoms with Gasteiger partial charge in [-0.15, -0.1) is 0 Å². The first-order valence-corrected chi connectivity index (χ1v) is 8.73. The third-order valence-electron chi connectivity index (χ3n) is 4.76. The average molecular weight is 381 g/mol. The minimum absolute atomic E-state index is 0.0268. The largest absolute Gasteiger partial charge is 0.326 e. The zero-order valence-corrected chi connectivity index (χ0v) is 15.5. The molecule has 0 radical (unpaired) electrons. The summed E-state index contributed by atoms with van der Waals surface area (Å²) in [7, 11) is 0. The summed E-state index contributed by atoms with van der Waals surface area (Å²) in [5.41, 5.74) is 1.92. The molecular formula is C20H19N3O5. The molecule has 8 nitrogen and oxygen atoms in total. The Morgan fingerprint density at radius 2 is 1.86 bits per heavy atom. The van der Waals surface area contributed by atoms with E-state index in [1.807, 2.05) is 0 Å². The number of anilines is 2. The Morgan fingerprint density at radius 1 is 1.18 bits per heavy atom. The van der Waals surface area contributed by atoms with Crippen LogP contribution in [0.4, 0.5) is 17.1 Å². The van der Waals surface area contributed by atoms with E-state index in [9.17, 15) is 24.5 Å². The highest BCUT2D eigenvalue weighted by molar-refractivity contribution is 6.04. The lowest BCUT2D eigenvalue weighted by Crippen LogP contribution is -2.28. The van der Waals surface area contributed by atoms with Crippen molar-refractivity contribution in [1.29, 1.82) is 0 Å². The van der Waals surface area contributed by atoms with Crippen LogP contribution in [0, 0.1) is 23.0 Å². The molecule has 0 bridgehead atoms. The summed E-state index contributed by atoms with van der Waals surface area (Å²) in [5.74, 6) is -1.21. The molecule has 0 aliphatic carbocycles. The number of nitro benzene ring substituents is 1. The highest BCUT2D eigenvalue weighted by Crippen LogP contribution is 2.30. The number of carbonyl (C=O) groups excluding carboxylic acids is 3. The fourth-order valence-corrected chi connectivity index (χ4v) is 3.13. The molecule has 2 aromatic carbocycles. The third-order valence-corrected chi connectivity index (χ3v) is 4.76. The number of nitrogens with one attached hydrogen (secondary N) is 1. The number of ketones is 1. The van der Waals surface area contributed by atoms with Crippen LogP contribution < -0.4 is 10.2 Å². The average Bonchev–Trinajstić information content (AvgIpc) is 3.04. The number of amides is 2. The molecule has 2 aromatic rings. The minimum atomic E-state index is -0.569. The van der Waals surface area contributed by atoms with Crippen LogP contribution in [-0.2, 0) is 9.59 Å². The van der Waals surface area contributed by atoms with E-state index >= 15 is 0 Å². The Kier molecular flexibility index (Phi) is 5.21. The van der Waals surface area contributed by atoms with Crippen molar-refractivity contribution >= 4 is 34.7 Å². The van der Waals surface area contributed by atoms with Crippen molar-refractivity contribution in [2.45, 2.75) is 20.3 Å². The maximum absolute atomic E-state index is 12.5. The normalized spacial score (nSPS) is 16.1. The lowest BCUT2D eigenvalue weighted by atomic mass is 10.1. The molecule has 1 aliphatic rings. The summed E-state index contributed by atoms with van der Waals surface area (Å²) in [6.45, 7) is 3.24. The summed E-state index contributed by atoms with van der Waals surface area (Å²) in [5, 5.41) is 13.9. The number of aryl methyl sites for hydroxylation is 1. The number of nitrogens with zero attached hydrogens (tertiary/aromatic N) is 2. The van der Waals surface area contributed by atoms with Crippen LogP contribution in [0.1, 0.15) is 29.3 Å². The molecule has 3 rings (SSSR count). The predicted octanol–water partition coefficient (Wildman–Crippen LogP) is 3.10. The molecule has 28 heavy (non-hydrogen) atoms. The summed E-state index contributed by atoms with van der Waals surface area (Å²) in [6, 6.07) is 11.1. The van der Waals surface area contributed by atoms with E-state index in [-0.39, 0.29) is 36.3 Å². The highest BCUT2D eigenvalue weighted by Gasteiger charge is 2.35.